The molecule has 6 nitrogen and oxygen atoms in total. The van der Waals surface area contributed by atoms with Gasteiger partial charge in [0, 0.05) is 43.8 Å². The molecule has 0 saturated carbocycles. The number of hydrogen-bond acceptors (Lipinski definition) is 6. The van der Waals surface area contributed by atoms with Gasteiger partial charge in [0.05, 0.1) is 11.8 Å². The van der Waals surface area contributed by atoms with E-state index in [1.807, 2.05) is 56.7 Å². The molecule has 1 unspecified atom stereocenters. The van der Waals surface area contributed by atoms with E-state index in [0.717, 1.165) is 47.1 Å². The molecule has 4 heterocycles. The molecule has 0 N–H and O–H groups in total. The molecule has 224 valence electrons. The Kier molecular flexibility index (Phi) is 11.0. The molecule has 4 aromatic heterocycles. The molecular formula is C39H36N4O2. The molecule has 45 heavy (non-hydrogen) atoms. The zero-order valence-electron chi connectivity index (χ0n) is 25.6. The molecule has 1 atom stereocenters. The second-order valence-electron chi connectivity index (χ2n) is 10.6. The fourth-order valence-electron chi connectivity index (χ4n) is 4.90. The maximum atomic E-state index is 10.6. The van der Waals surface area contributed by atoms with Gasteiger partial charge in [0.1, 0.15) is 5.69 Å². The number of rotatable bonds is 10. The summed E-state index contributed by atoms with van der Waals surface area (Å²) in [5, 5.41) is 0. The predicted molar refractivity (Wildman–Crippen MR) is 179 cm³/mol. The van der Waals surface area contributed by atoms with Gasteiger partial charge in [0.2, 0.25) is 0 Å². The second kappa shape index (κ2) is 15.9. The molecule has 0 aliphatic carbocycles. The van der Waals surface area contributed by atoms with Crippen molar-refractivity contribution in [2.45, 2.75) is 32.8 Å². The Morgan fingerprint density at radius 3 is 1.51 bits per heavy atom. The maximum absolute atomic E-state index is 10.6. The van der Waals surface area contributed by atoms with Crippen LogP contribution in [0.1, 0.15) is 58.4 Å². The quantitative estimate of drug-likeness (QED) is 0.149. The molecule has 0 radical (unpaired) electrons. The van der Waals surface area contributed by atoms with Crippen molar-refractivity contribution in [2.24, 2.45) is 0 Å². The van der Waals surface area contributed by atoms with Crippen LogP contribution in [0.3, 0.4) is 0 Å². The second-order valence-corrected chi connectivity index (χ2v) is 10.6. The van der Waals surface area contributed by atoms with Crippen molar-refractivity contribution < 1.29 is 9.53 Å². The van der Waals surface area contributed by atoms with Crippen molar-refractivity contribution in [3.8, 4) is 22.3 Å². The molecule has 0 spiro atoms. The highest BCUT2D eigenvalue weighted by atomic mass is 16.5. The van der Waals surface area contributed by atoms with Crippen LogP contribution in [0.15, 0.2) is 134 Å². The minimum absolute atomic E-state index is 0.0443. The average molecular weight is 593 g/mol. The summed E-state index contributed by atoms with van der Waals surface area (Å²) in [5.41, 5.74) is 10.8. The van der Waals surface area contributed by atoms with E-state index >= 15 is 0 Å². The van der Waals surface area contributed by atoms with Crippen molar-refractivity contribution in [2.75, 3.05) is 6.61 Å². The van der Waals surface area contributed by atoms with Crippen LogP contribution < -0.4 is 0 Å². The van der Waals surface area contributed by atoms with E-state index < -0.39 is 0 Å². The highest BCUT2D eigenvalue weighted by Gasteiger charge is 2.07. The Labute approximate surface area is 264 Å². The van der Waals surface area contributed by atoms with Gasteiger partial charge in [-0.2, -0.15) is 0 Å². The minimum Gasteiger partial charge on any atom is -0.373 e. The number of carbonyl (C=O) groups excluding carboxylic acids is 1. The zero-order chi connectivity index (χ0) is 31.3. The minimum atomic E-state index is 0.0443. The molecule has 0 saturated heterocycles. The van der Waals surface area contributed by atoms with E-state index in [0.29, 0.717) is 12.3 Å². The lowest BCUT2D eigenvalue weighted by molar-refractivity contribution is 0.0733. The Hall–Kier alpha value is -5.33. The first-order valence-electron chi connectivity index (χ1n) is 15.1. The van der Waals surface area contributed by atoms with Crippen LogP contribution in [0.5, 0.6) is 0 Å². The Balaban J connectivity index is 0.000000179. The molecule has 2 aromatic carbocycles. The van der Waals surface area contributed by atoms with Gasteiger partial charge in [-0.3, -0.25) is 24.7 Å². The Morgan fingerprint density at radius 2 is 1.11 bits per heavy atom. The summed E-state index contributed by atoms with van der Waals surface area (Å²) in [4.78, 5) is 27.5. The summed E-state index contributed by atoms with van der Waals surface area (Å²) in [5.74, 6) is 0. The Morgan fingerprint density at radius 1 is 0.600 bits per heavy atom. The van der Waals surface area contributed by atoms with Gasteiger partial charge in [0.25, 0.3) is 0 Å². The molecule has 0 bridgehead atoms. The standard InChI is InChI=1S/C21H22N2O.C18H14N2O/c1-3-24-16(2)21-11-8-18(14-23-21)13-17-6-9-19(10-7-17)20-5-4-12-22-15-20;21-13-18-8-5-15(11-20-18)10-14-3-6-16(7-4-14)17-2-1-9-19-12-17/h4-12,14-16H,3,13H2,1-2H3;1-9,11-13H,10H2. The molecule has 6 heteroatoms. The lowest BCUT2D eigenvalue weighted by atomic mass is 10.0. The maximum Gasteiger partial charge on any atom is 0.168 e. The van der Waals surface area contributed by atoms with E-state index in [-0.39, 0.29) is 6.10 Å². The Bertz CT molecular complexity index is 1740. The van der Waals surface area contributed by atoms with E-state index in [4.69, 9.17) is 4.74 Å². The molecule has 0 aliphatic rings. The number of aldehydes is 1. The number of hydrogen-bond donors (Lipinski definition) is 0. The fraction of sp³-hybridized carbons (Fsp3) is 0.154. The third-order valence-electron chi connectivity index (χ3n) is 7.36. The number of pyridine rings is 4. The number of aromatic nitrogens is 4. The average Bonchev–Trinajstić information content (AvgIpc) is 3.11. The first kappa shape index (κ1) is 31.1. The summed E-state index contributed by atoms with van der Waals surface area (Å²) in [6.07, 6.45) is 13.5. The molecule has 0 amide bonds. The van der Waals surface area contributed by atoms with Gasteiger partial charge in [-0.25, -0.2) is 0 Å². The van der Waals surface area contributed by atoms with Gasteiger partial charge in [0.15, 0.2) is 6.29 Å². The van der Waals surface area contributed by atoms with Gasteiger partial charge >= 0.3 is 0 Å². The lowest BCUT2D eigenvalue weighted by Gasteiger charge is -2.11. The monoisotopic (exact) mass is 592 g/mol. The summed E-state index contributed by atoms with van der Waals surface area (Å²) < 4.78 is 5.57. The molecule has 0 fully saturated rings. The van der Waals surface area contributed by atoms with E-state index in [1.54, 1.807) is 24.7 Å². The van der Waals surface area contributed by atoms with Crippen LogP contribution in [0.2, 0.25) is 0 Å². The summed E-state index contributed by atoms with van der Waals surface area (Å²) >= 11 is 0. The lowest BCUT2D eigenvalue weighted by Crippen LogP contribution is -2.02. The normalized spacial score (nSPS) is 11.2. The van der Waals surface area contributed by atoms with E-state index in [2.05, 4.69) is 86.7 Å². The van der Waals surface area contributed by atoms with E-state index in [9.17, 15) is 4.79 Å². The van der Waals surface area contributed by atoms with Gasteiger partial charge in [-0.15, -0.1) is 0 Å². The molecular weight excluding hydrogens is 556 g/mol. The number of carbonyl (C=O) groups is 1. The predicted octanol–water partition coefficient (Wildman–Crippen LogP) is 8.38. The first-order chi connectivity index (χ1) is 22.1. The first-order valence-corrected chi connectivity index (χ1v) is 15.1. The van der Waals surface area contributed by atoms with Crippen molar-refractivity contribution in [1.29, 1.82) is 0 Å². The number of nitrogens with zero attached hydrogens (tertiary/aromatic N) is 4. The third kappa shape index (κ3) is 9.08. The van der Waals surface area contributed by atoms with Crippen LogP contribution in [0.25, 0.3) is 22.3 Å². The van der Waals surface area contributed by atoms with Crippen molar-refractivity contribution in [3.05, 3.63) is 168 Å². The van der Waals surface area contributed by atoms with Crippen molar-refractivity contribution >= 4 is 6.29 Å². The van der Waals surface area contributed by atoms with Crippen LogP contribution in [-0.2, 0) is 17.6 Å². The zero-order valence-corrected chi connectivity index (χ0v) is 25.6. The summed E-state index contributed by atoms with van der Waals surface area (Å²) in [7, 11) is 0. The van der Waals surface area contributed by atoms with Crippen LogP contribution >= 0.6 is 0 Å². The third-order valence-corrected chi connectivity index (χ3v) is 7.36. The molecule has 6 rings (SSSR count). The summed E-state index contributed by atoms with van der Waals surface area (Å²) in [6, 6.07) is 32.9. The topological polar surface area (TPSA) is 77.9 Å². The van der Waals surface area contributed by atoms with Crippen LogP contribution in [-0.4, -0.2) is 32.8 Å². The number of ether oxygens (including phenoxy) is 1. The van der Waals surface area contributed by atoms with Gasteiger partial charge in [-0.05, 0) is 95.5 Å². The fourth-order valence-corrected chi connectivity index (χ4v) is 4.90. The van der Waals surface area contributed by atoms with Gasteiger partial charge in [-0.1, -0.05) is 72.8 Å². The van der Waals surface area contributed by atoms with Gasteiger partial charge < -0.3 is 4.74 Å². The highest BCUT2D eigenvalue weighted by molar-refractivity contribution is 5.71. The molecule has 6 aromatic rings. The highest BCUT2D eigenvalue weighted by Crippen LogP contribution is 2.21. The SMILES string of the molecule is CCOC(C)c1ccc(Cc2ccc(-c3cccnc3)cc2)cn1.O=Cc1ccc(Cc2ccc(-c3cccnc3)cc2)cn1. The van der Waals surface area contributed by atoms with E-state index in [1.165, 1.54) is 22.3 Å². The van der Waals surface area contributed by atoms with Crippen molar-refractivity contribution in [3.63, 3.8) is 0 Å². The molecule has 0 aliphatic heterocycles. The largest absolute Gasteiger partial charge is 0.373 e. The summed E-state index contributed by atoms with van der Waals surface area (Å²) in [6.45, 7) is 4.73. The number of benzene rings is 2. The van der Waals surface area contributed by atoms with Crippen LogP contribution in [0, 0.1) is 0 Å². The van der Waals surface area contributed by atoms with Crippen LogP contribution in [0.4, 0.5) is 0 Å². The van der Waals surface area contributed by atoms with Crippen molar-refractivity contribution in [1.82, 2.24) is 19.9 Å². The smallest absolute Gasteiger partial charge is 0.168 e.